The number of rotatable bonds is 20. The van der Waals surface area contributed by atoms with Crippen LogP contribution in [0.5, 0.6) is 0 Å². The molecule has 1 aliphatic carbocycles. The number of carboxylic acid groups (broad SMARTS) is 1. The molecule has 0 spiro atoms. The summed E-state index contributed by atoms with van der Waals surface area (Å²) in [5, 5.41) is 23.9. The van der Waals surface area contributed by atoms with E-state index in [0.717, 1.165) is 43.2 Å². The van der Waals surface area contributed by atoms with Gasteiger partial charge in [-0.15, -0.1) is 0 Å². The number of hydrogen-bond donors (Lipinski definition) is 6. The van der Waals surface area contributed by atoms with E-state index in [2.05, 4.69) is 26.6 Å². The fourth-order valence-electron chi connectivity index (χ4n) is 7.04. The van der Waals surface area contributed by atoms with Gasteiger partial charge in [0.15, 0.2) is 0 Å². The number of benzene rings is 2. The van der Waals surface area contributed by atoms with Crippen LogP contribution in [0.2, 0.25) is 0 Å². The predicted octanol–water partition coefficient (Wildman–Crippen LogP) is 5.45. The number of carboxylic acids is 1. The van der Waals surface area contributed by atoms with Gasteiger partial charge in [0.2, 0.25) is 23.6 Å². The van der Waals surface area contributed by atoms with E-state index < -0.39 is 71.5 Å². The van der Waals surface area contributed by atoms with Gasteiger partial charge in [-0.05, 0) is 68.9 Å². The predicted molar refractivity (Wildman–Crippen MR) is 219 cm³/mol. The van der Waals surface area contributed by atoms with Gasteiger partial charge in [0, 0.05) is 12.8 Å². The Morgan fingerprint density at radius 3 is 1.39 bits per heavy atom. The summed E-state index contributed by atoms with van der Waals surface area (Å²) < 4.78 is 5.44. The topological polar surface area (TPSA) is 192 Å². The summed E-state index contributed by atoms with van der Waals surface area (Å²) in [5.74, 6) is -3.46. The average Bonchev–Trinajstić information content (AvgIpc) is 3.13. The molecule has 5 amide bonds. The van der Waals surface area contributed by atoms with E-state index in [0.29, 0.717) is 6.42 Å². The summed E-state index contributed by atoms with van der Waals surface area (Å²) in [6.45, 7) is 12.7. The largest absolute Gasteiger partial charge is 0.480 e. The van der Waals surface area contributed by atoms with E-state index in [9.17, 15) is 33.9 Å². The van der Waals surface area contributed by atoms with Crippen molar-refractivity contribution in [2.45, 2.75) is 148 Å². The van der Waals surface area contributed by atoms with Crippen LogP contribution < -0.4 is 26.6 Å². The molecule has 0 bridgehead atoms. The van der Waals surface area contributed by atoms with Crippen LogP contribution in [-0.4, -0.2) is 76.6 Å². The Morgan fingerprint density at radius 1 is 0.596 bits per heavy atom. The second-order valence-corrected chi connectivity index (χ2v) is 17.2. The lowest BCUT2D eigenvalue weighted by molar-refractivity contribution is -0.143. The van der Waals surface area contributed by atoms with Crippen molar-refractivity contribution in [3.05, 3.63) is 71.8 Å². The molecule has 6 N–H and O–H groups in total. The number of hydrogen-bond acceptors (Lipinski definition) is 7. The molecule has 13 heteroatoms. The highest BCUT2D eigenvalue weighted by atomic mass is 16.6. The van der Waals surface area contributed by atoms with Gasteiger partial charge in [0.05, 0.1) is 0 Å². The minimum atomic E-state index is -1.16. The molecule has 5 atom stereocenters. The molecule has 1 fully saturated rings. The molecule has 1 saturated carbocycles. The van der Waals surface area contributed by atoms with E-state index in [4.69, 9.17) is 4.74 Å². The Kier molecular flexibility index (Phi) is 18.5. The highest BCUT2D eigenvalue weighted by molar-refractivity contribution is 5.96. The highest BCUT2D eigenvalue weighted by Crippen LogP contribution is 2.27. The Balaban J connectivity index is 1.85. The monoisotopic (exact) mass is 791 g/mol. The zero-order chi connectivity index (χ0) is 42.1. The van der Waals surface area contributed by atoms with Crippen molar-refractivity contribution < 1.29 is 38.6 Å². The van der Waals surface area contributed by atoms with Crippen molar-refractivity contribution in [2.24, 2.45) is 17.8 Å². The van der Waals surface area contributed by atoms with Gasteiger partial charge in [0.25, 0.3) is 0 Å². The van der Waals surface area contributed by atoms with Gasteiger partial charge in [-0.25, -0.2) is 9.59 Å². The van der Waals surface area contributed by atoms with E-state index in [1.807, 2.05) is 88.4 Å². The van der Waals surface area contributed by atoms with Crippen molar-refractivity contribution in [1.29, 1.82) is 0 Å². The van der Waals surface area contributed by atoms with Gasteiger partial charge in [-0.1, -0.05) is 120 Å². The minimum Gasteiger partial charge on any atom is -0.480 e. The smallest absolute Gasteiger partial charge is 0.408 e. The lowest BCUT2D eigenvalue weighted by Crippen LogP contribution is -2.59. The van der Waals surface area contributed by atoms with Gasteiger partial charge in [-0.3, -0.25) is 19.2 Å². The molecular formula is C44H65N5O8. The second-order valence-electron chi connectivity index (χ2n) is 17.2. The van der Waals surface area contributed by atoms with Gasteiger partial charge in [-0.2, -0.15) is 0 Å². The third-order valence-corrected chi connectivity index (χ3v) is 9.79. The zero-order valence-electron chi connectivity index (χ0n) is 34.8. The third-order valence-electron chi connectivity index (χ3n) is 9.79. The molecule has 0 unspecified atom stereocenters. The Labute approximate surface area is 338 Å². The Hall–Kier alpha value is -4.94. The second kappa shape index (κ2) is 22.7. The van der Waals surface area contributed by atoms with Crippen LogP contribution in [-0.2, 0) is 41.6 Å². The molecule has 0 saturated heterocycles. The maximum atomic E-state index is 14.2. The van der Waals surface area contributed by atoms with E-state index in [1.54, 1.807) is 20.8 Å². The summed E-state index contributed by atoms with van der Waals surface area (Å²) in [4.78, 5) is 81.0. The van der Waals surface area contributed by atoms with E-state index >= 15 is 0 Å². The maximum absolute atomic E-state index is 14.2. The molecule has 3 rings (SSSR count). The maximum Gasteiger partial charge on any atom is 0.408 e. The van der Waals surface area contributed by atoms with E-state index in [-0.39, 0.29) is 43.4 Å². The lowest BCUT2D eigenvalue weighted by atomic mass is 9.84. The number of alkyl carbamates (subject to hydrolysis) is 1. The van der Waals surface area contributed by atoms with Crippen LogP contribution in [0.1, 0.15) is 111 Å². The number of ether oxygens (including phenoxy) is 1. The summed E-state index contributed by atoms with van der Waals surface area (Å²) in [5.41, 5.74) is 0.713. The SMILES string of the molecule is CC(C)C[C@@H](NC(=O)[C@H](Cc1ccccc1)NC(=O)[C@@H](CC(C)C)NC(=O)[C@H](Cc1ccccc1)NC(=O)OC(C)(C)C)C(=O)N[C@@H](CC1CCCCC1)C(=O)O. The lowest BCUT2D eigenvalue weighted by Gasteiger charge is -2.29. The molecule has 0 radical (unpaired) electrons. The number of aliphatic carboxylic acids is 1. The normalized spacial score (nSPS) is 16.0. The quantitative estimate of drug-likeness (QED) is 0.102. The van der Waals surface area contributed by atoms with Crippen molar-refractivity contribution in [3.63, 3.8) is 0 Å². The van der Waals surface area contributed by atoms with Crippen molar-refractivity contribution >= 4 is 35.7 Å². The molecule has 2 aromatic carbocycles. The van der Waals surface area contributed by atoms with Crippen molar-refractivity contribution in [3.8, 4) is 0 Å². The molecule has 1 aliphatic rings. The molecule has 57 heavy (non-hydrogen) atoms. The summed E-state index contributed by atoms with van der Waals surface area (Å²) in [6, 6.07) is 12.7. The first-order valence-electron chi connectivity index (χ1n) is 20.4. The number of amides is 5. The minimum absolute atomic E-state index is 0.0337. The molecule has 0 heterocycles. The molecule has 314 valence electrons. The van der Waals surface area contributed by atoms with Crippen LogP contribution in [0.4, 0.5) is 4.79 Å². The standard InChI is InChI=1S/C44H65N5O8/c1-28(2)23-33(46-41(53)36(26-31-19-13-9-14-20-31)49-43(56)57-44(5,6)7)38(50)47-35(25-30-17-11-8-12-18-30)40(52)45-34(24-29(3)4)39(51)48-37(42(54)55)27-32-21-15-10-16-22-32/h8-9,11-14,17-20,28-29,32-37H,10,15-16,21-27H2,1-7H3,(H,45,52)(H,46,53)(H,47,50)(H,48,51)(H,49,56)(H,54,55)/t33-,34-,35+,36+,37+/m1/s1. The number of nitrogens with one attached hydrogen (secondary N) is 5. The van der Waals surface area contributed by atoms with E-state index in [1.165, 1.54) is 0 Å². The first-order valence-corrected chi connectivity index (χ1v) is 20.4. The summed E-state index contributed by atoms with van der Waals surface area (Å²) >= 11 is 0. The summed E-state index contributed by atoms with van der Waals surface area (Å²) in [6.07, 6.45) is 5.21. The Bertz CT molecular complexity index is 1610. The summed E-state index contributed by atoms with van der Waals surface area (Å²) in [7, 11) is 0. The molecule has 0 aromatic heterocycles. The highest BCUT2D eigenvalue weighted by Gasteiger charge is 2.34. The average molecular weight is 792 g/mol. The van der Waals surface area contributed by atoms with Gasteiger partial charge >= 0.3 is 12.1 Å². The molecular weight excluding hydrogens is 727 g/mol. The van der Waals surface area contributed by atoms with Crippen molar-refractivity contribution in [1.82, 2.24) is 26.6 Å². The van der Waals surface area contributed by atoms with Crippen LogP contribution in [0.15, 0.2) is 60.7 Å². The van der Waals surface area contributed by atoms with Gasteiger partial charge < -0.3 is 36.4 Å². The number of carbonyl (C=O) groups excluding carboxylic acids is 5. The van der Waals surface area contributed by atoms with Crippen LogP contribution in [0, 0.1) is 17.8 Å². The molecule has 2 aromatic rings. The van der Waals surface area contributed by atoms with Crippen molar-refractivity contribution in [2.75, 3.05) is 0 Å². The first kappa shape index (κ1) is 46.4. The zero-order valence-corrected chi connectivity index (χ0v) is 34.8. The third kappa shape index (κ3) is 17.4. The fourth-order valence-corrected chi connectivity index (χ4v) is 7.04. The Morgan fingerprint density at radius 2 is 0.982 bits per heavy atom. The van der Waals surface area contributed by atoms with Gasteiger partial charge in [0.1, 0.15) is 35.8 Å². The molecule has 13 nitrogen and oxygen atoms in total. The van der Waals surface area contributed by atoms with Crippen LogP contribution in [0.3, 0.4) is 0 Å². The number of carbonyl (C=O) groups is 6. The first-order chi connectivity index (χ1) is 26.9. The fraction of sp³-hybridized carbons (Fsp3) is 0.591. The van der Waals surface area contributed by atoms with Crippen LogP contribution >= 0.6 is 0 Å². The van der Waals surface area contributed by atoms with Crippen LogP contribution in [0.25, 0.3) is 0 Å². The molecule has 0 aliphatic heterocycles.